The number of aliphatic hydroxyl groups is 3. The van der Waals surface area contributed by atoms with Crippen LogP contribution in [0.2, 0.25) is 0 Å². The molecule has 4 N–H and O–H groups in total. The molecule has 3 aromatic rings. The standard InChI is InChI=1S/C34H34F2N4O6/c1-3-33(2)30(43)25(18-42)46-31(33)27-28(22(16-37)26-29(27)39-19-40-32(26)44)38-17-20-11-12-23(24(15-20)45-14-8-7-13-41)34(35,36)21-9-5-4-6-10-21/h3-6,9-12,15,19,25,30-31,41-43H,1,7-8,13-14,17-18H2,2H3,(H,39,40,44)/t25?,30-,31?,33?/m1/s1. The summed E-state index contributed by atoms with van der Waals surface area (Å²) in [5, 5.41) is 40.4. The Balaban J connectivity index is 1.60. The van der Waals surface area contributed by atoms with Gasteiger partial charge in [-0.05, 0) is 30.5 Å². The highest BCUT2D eigenvalue weighted by atomic mass is 19.3. The van der Waals surface area contributed by atoms with Crippen molar-refractivity contribution in [2.24, 2.45) is 10.4 Å². The van der Waals surface area contributed by atoms with Gasteiger partial charge in [0, 0.05) is 23.2 Å². The second kappa shape index (κ2) is 13.4. The average Bonchev–Trinajstić information content (AvgIpc) is 3.52. The van der Waals surface area contributed by atoms with Crippen molar-refractivity contribution in [3.63, 3.8) is 0 Å². The molecule has 2 aromatic carbocycles. The number of nitrogens with zero attached hydrogens (tertiary/aromatic N) is 3. The normalized spacial score (nSPS) is 23.4. The predicted molar refractivity (Wildman–Crippen MR) is 165 cm³/mol. The van der Waals surface area contributed by atoms with Gasteiger partial charge in [-0.1, -0.05) is 49.4 Å². The molecule has 4 atom stereocenters. The number of nitrogens with one attached hydrogen (secondary N) is 1. The summed E-state index contributed by atoms with van der Waals surface area (Å²) in [5.41, 5.74) is -1.52. The number of halogens is 2. The predicted octanol–water partition coefficient (Wildman–Crippen LogP) is 1.85. The van der Waals surface area contributed by atoms with Crippen LogP contribution in [0.1, 0.15) is 36.5 Å². The molecule has 0 amide bonds. The SMILES string of the molecule is C=CC1(C)C(C2=c3nc[nH]c(=O)c3=C(C#N)C2=NCc2ccc(C(F)(F)c3ccccc3)c(OCCCCO)c2)OC(CO)[C@H]1O. The minimum absolute atomic E-state index is 0.0125. The van der Waals surface area contributed by atoms with Crippen LogP contribution >= 0.6 is 0 Å². The van der Waals surface area contributed by atoms with Crippen LogP contribution in [0, 0.1) is 16.7 Å². The first-order valence-electron chi connectivity index (χ1n) is 14.8. The maximum atomic E-state index is 15.7. The van der Waals surface area contributed by atoms with E-state index in [4.69, 9.17) is 19.6 Å². The maximum absolute atomic E-state index is 15.7. The summed E-state index contributed by atoms with van der Waals surface area (Å²) >= 11 is 0. The molecule has 2 aliphatic rings. The van der Waals surface area contributed by atoms with E-state index < -0.39 is 41.8 Å². The molecule has 0 spiro atoms. The number of unbranched alkanes of at least 4 members (excludes halogenated alkanes) is 1. The number of nitriles is 1. The fourth-order valence-corrected chi connectivity index (χ4v) is 5.84. The number of ether oxygens (including phenoxy) is 2. The van der Waals surface area contributed by atoms with Gasteiger partial charge in [-0.3, -0.25) is 9.79 Å². The number of aromatic nitrogens is 2. The molecule has 12 heteroatoms. The lowest BCUT2D eigenvalue weighted by atomic mass is 9.76. The van der Waals surface area contributed by atoms with Gasteiger partial charge in [0.25, 0.3) is 5.56 Å². The Morgan fingerprint density at radius 2 is 2.00 bits per heavy atom. The Bertz CT molecular complexity index is 1870. The Labute approximate surface area is 263 Å². The van der Waals surface area contributed by atoms with Crippen molar-refractivity contribution < 1.29 is 33.6 Å². The van der Waals surface area contributed by atoms with E-state index in [1.165, 1.54) is 54.9 Å². The molecular weight excluding hydrogens is 598 g/mol. The van der Waals surface area contributed by atoms with Crippen LogP contribution in [0.25, 0.3) is 11.1 Å². The zero-order chi connectivity index (χ0) is 33.1. The topological polar surface area (TPSA) is 161 Å². The number of benzene rings is 2. The van der Waals surface area contributed by atoms with Gasteiger partial charge >= 0.3 is 5.92 Å². The molecule has 0 bridgehead atoms. The monoisotopic (exact) mass is 632 g/mol. The summed E-state index contributed by atoms with van der Waals surface area (Å²) in [6.07, 6.45) is 0.416. The number of rotatable bonds is 12. The Kier molecular flexibility index (Phi) is 9.60. The molecule has 3 unspecified atom stereocenters. The van der Waals surface area contributed by atoms with Crippen LogP contribution in [0.15, 0.2) is 77.3 Å². The Morgan fingerprint density at radius 1 is 1.24 bits per heavy atom. The summed E-state index contributed by atoms with van der Waals surface area (Å²) in [5.74, 6) is -3.43. The molecule has 1 aromatic heterocycles. The Hall–Kier alpha value is -4.54. The highest BCUT2D eigenvalue weighted by Gasteiger charge is 2.54. The zero-order valence-corrected chi connectivity index (χ0v) is 25.1. The third kappa shape index (κ3) is 5.78. The molecule has 1 aliphatic heterocycles. The number of aliphatic hydroxyl groups excluding tert-OH is 3. The van der Waals surface area contributed by atoms with Gasteiger partial charge in [0.1, 0.15) is 17.9 Å². The first-order valence-corrected chi connectivity index (χ1v) is 14.8. The number of aliphatic imine (C=N–C) groups is 1. The molecular formula is C34H34F2N4O6. The summed E-state index contributed by atoms with van der Waals surface area (Å²) in [6, 6.07) is 13.6. The molecule has 46 heavy (non-hydrogen) atoms. The lowest BCUT2D eigenvalue weighted by Gasteiger charge is -2.30. The Morgan fingerprint density at radius 3 is 2.67 bits per heavy atom. The van der Waals surface area contributed by atoms with Gasteiger partial charge < -0.3 is 29.8 Å². The van der Waals surface area contributed by atoms with Crippen molar-refractivity contribution >= 4 is 16.9 Å². The van der Waals surface area contributed by atoms with Crippen molar-refractivity contribution in [1.82, 2.24) is 9.97 Å². The molecule has 1 aliphatic carbocycles. The summed E-state index contributed by atoms with van der Waals surface area (Å²) in [6.45, 7) is 4.97. The second-order valence-corrected chi connectivity index (χ2v) is 11.3. The van der Waals surface area contributed by atoms with Gasteiger partial charge in [-0.15, -0.1) is 6.58 Å². The van der Waals surface area contributed by atoms with Crippen molar-refractivity contribution in [2.75, 3.05) is 19.8 Å². The highest BCUT2D eigenvalue weighted by Crippen LogP contribution is 2.45. The van der Waals surface area contributed by atoms with Crippen molar-refractivity contribution in [3.05, 3.63) is 105 Å². The number of hydrogen-bond donors (Lipinski definition) is 4. The molecule has 1 fully saturated rings. The molecule has 2 heterocycles. The number of fused-ring (bicyclic) bond motifs is 1. The van der Waals surface area contributed by atoms with E-state index in [0.717, 1.165) is 0 Å². The van der Waals surface area contributed by atoms with E-state index in [1.807, 2.05) is 6.07 Å². The zero-order valence-electron chi connectivity index (χ0n) is 25.1. The maximum Gasteiger partial charge on any atom is 0.302 e. The van der Waals surface area contributed by atoms with Gasteiger partial charge in [0.05, 0.1) is 65.7 Å². The van der Waals surface area contributed by atoms with E-state index in [0.29, 0.717) is 18.4 Å². The van der Waals surface area contributed by atoms with Crippen LogP contribution in [0.4, 0.5) is 8.78 Å². The second-order valence-electron chi connectivity index (χ2n) is 11.3. The fourth-order valence-electron chi connectivity index (χ4n) is 5.84. The van der Waals surface area contributed by atoms with Crippen molar-refractivity contribution in [2.45, 2.75) is 50.5 Å². The van der Waals surface area contributed by atoms with Crippen molar-refractivity contribution in [1.29, 1.82) is 5.26 Å². The summed E-state index contributed by atoms with van der Waals surface area (Å²) in [7, 11) is 0. The van der Waals surface area contributed by atoms with Gasteiger partial charge in [0.2, 0.25) is 0 Å². The minimum atomic E-state index is -3.38. The molecule has 10 nitrogen and oxygen atoms in total. The van der Waals surface area contributed by atoms with Crippen LogP contribution < -0.4 is 20.9 Å². The molecule has 1 saturated heterocycles. The average molecular weight is 633 g/mol. The van der Waals surface area contributed by atoms with E-state index >= 15 is 8.78 Å². The quantitative estimate of drug-likeness (QED) is 0.174. The minimum Gasteiger partial charge on any atom is -0.493 e. The summed E-state index contributed by atoms with van der Waals surface area (Å²) < 4.78 is 43.3. The largest absolute Gasteiger partial charge is 0.493 e. The third-order valence-electron chi connectivity index (χ3n) is 8.46. The van der Waals surface area contributed by atoms with Crippen LogP contribution in [0.3, 0.4) is 0 Å². The molecule has 0 radical (unpaired) electrons. The molecule has 0 saturated carbocycles. The number of alkyl halides is 2. The van der Waals surface area contributed by atoms with Crippen molar-refractivity contribution in [3.8, 4) is 11.8 Å². The first kappa shape index (κ1) is 32.8. The van der Waals surface area contributed by atoms with Gasteiger partial charge in [-0.2, -0.15) is 14.0 Å². The lowest BCUT2D eigenvalue weighted by Crippen LogP contribution is -2.45. The van der Waals surface area contributed by atoms with Crippen LogP contribution in [0.5, 0.6) is 5.75 Å². The number of aromatic amines is 1. The van der Waals surface area contributed by atoms with Gasteiger partial charge in [-0.25, -0.2) is 4.98 Å². The van der Waals surface area contributed by atoms with Crippen LogP contribution in [-0.2, 0) is 17.2 Å². The van der Waals surface area contributed by atoms with Gasteiger partial charge in [0.15, 0.2) is 0 Å². The number of hydrogen-bond acceptors (Lipinski definition) is 9. The summed E-state index contributed by atoms with van der Waals surface area (Å²) in [4.78, 5) is 24.4. The smallest absolute Gasteiger partial charge is 0.302 e. The molecule has 5 rings (SSSR count). The van der Waals surface area contributed by atoms with E-state index in [-0.39, 0.29) is 64.1 Å². The molecule has 240 valence electrons. The van der Waals surface area contributed by atoms with E-state index in [1.54, 1.807) is 13.0 Å². The first-order chi connectivity index (χ1) is 22.1. The lowest BCUT2D eigenvalue weighted by molar-refractivity contribution is -0.00943. The van der Waals surface area contributed by atoms with E-state index in [9.17, 15) is 20.3 Å². The van der Waals surface area contributed by atoms with E-state index in [2.05, 4.69) is 16.5 Å². The third-order valence-corrected chi connectivity index (χ3v) is 8.46. The highest BCUT2D eigenvalue weighted by molar-refractivity contribution is 6.44. The van der Waals surface area contributed by atoms with Crippen LogP contribution in [-0.4, -0.2) is 69.1 Å². The fraction of sp³-hybridized carbons (Fsp3) is 0.353. The number of H-pyrrole nitrogens is 1.